The number of hydrogen-bond donors (Lipinski definition) is 1. The van der Waals surface area contributed by atoms with Crippen LogP contribution in [0.5, 0.6) is 0 Å². The fraction of sp³-hybridized carbons (Fsp3) is 0.455. The maximum absolute atomic E-state index is 11.3. The topological polar surface area (TPSA) is 54.4 Å². The van der Waals surface area contributed by atoms with Crippen molar-refractivity contribution in [2.75, 3.05) is 6.26 Å². The van der Waals surface area contributed by atoms with Gasteiger partial charge in [0.05, 0.1) is 11.0 Å². The Kier molecular flexibility index (Phi) is 2.56. The Labute approximate surface area is 89.7 Å². The van der Waals surface area contributed by atoms with Crippen LogP contribution in [0, 0.1) is 5.92 Å². The maximum atomic E-state index is 11.3. The van der Waals surface area contributed by atoms with Gasteiger partial charge in [-0.05, 0) is 36.5 Å². The van der Waals surface area contributed by atoms with Crippen LogP contribution in [0.4, 0.5) is 0 Å². The second-order valence-corrected chi connectivity index (χ2v) is 6.14. The summed E-state index contributed by atoms with van der Waals surface area (Å²) in [6.07, 6.45) is 2.73. The van der Waals surface area contributed by atoms with Gasteiger partial charge in [-0.25, -0.2) is 8.42 Å². The van der Waals surface area contributed by atoms with Gasteiger partial charge in [-0.2, -0.15) is 0 Å². The molecule has 0 saturated heterocycles. The fourth-order valence-corrected chi connectivity index (χ4v) is 2.29. The monoisotopic (exact) mass is 226 g/mol. The lowest BCUT2D eigenvalue weighted by atomic mass is 10.1. The number of benzene rings is 1. The molecule has 1 atom stereocenters. The van der Waals surface area contributed by atoms with Crippen molar-refractivity contribution in [2.45, 2.75) is 23.8 Å². The van der Waals surface area contributed by atoms with Crippen LogP contribution in [0.1, 0.15) is 24.5 Å². The summed E-state index contributed by atoms with van der Waals surface area (Å²) in [5, 5.41) is 9.86. The second kappa shape index (κ2) is 3.61. The molecule has 2 rings (SSSR count). The minimum atomic E-state index is -3.18. The summed E-state index contributed by atoms with van der Waals surface area (Å²) in [7, 11) is -3.18. The Morgan fingerprint density at radius 2 is 2.07 bits per heavy atom. The Bertz CT molecular complexity index is 460. The van der Waals surface area contributed by atoms with Crippen molar-refractivity contribution in [1.82, 2.24) is 0 Å². The van der Waals surface area contributed by atoms with Gasteiger partial charge in [-0.15, -0.1) is 0 Å². The molecule has 0 radical (unpaired) electrons. The van der Waals surface area contributed by atoms with Crippen molar-refractivity contribution in [3.63, 3.8) is 0 Å². The van der Waals surface area contributed by atoms with Crippen molar-refractivity contribution >= 4 is 9.84 Å². The third-order valence-corrected chi connectivity index (χ3v) is 3.81. The third kappa shape index (κ3) is 2.38. The van der Waals surface area contributed by atoms with Crippen LogP contribution in [0.15, 0.2) is 29.2 Å². The highest BCUT2D eigenvalue weighted by Gasteiger charge is 2.31. The van der Waals surface area contributed by atoms with Gasteiger partial charge in [0.25, 0.3) is 0 Å². The average Bonchev–Trinajstić information content (AvgIpc) is 2.99. The summed E-state index contributed by atoms with van der Waals surface area (Å²) in [4.78, 5) is 0.278. The first kappa shape index (κ1) is 10.6. The van der Waals surface area contributed by atoms with Crippen molar-refractivity contribution in [1.29, 1.82) is 0 Å². The largest absolute Gasteiger partial charge is 0.388 e. The van der Waals surface area contributed by atoms with Crippen LogP contribution >= 0.6 is 0 Å². The van der Waals surface area contributed by atoms with E-state index in [1.165, 1.54) is 6.26 Å². The molecular weight excluding hydrogens is 212 g/mol. The molecule has 1 aromatic carbocycles. The average molecular weight is 226 g/mol. The standard InChI is InChI=1S/C11H14O3S/c1-15(13,14)10-4-2-3-9(7-10)11(12)8-5-6-8/h2-4,7-8,11-12H,5-6H2,1H3. The smallest absolute Gasteiger partial charge is 0.175 e. The molecule has 4 heteroatoms. The van der Waals surface area contributed by atoms with Gasteiger partial charge in [0.2, 0.25) is 0 Å². The van der Waals surface area contributed by atoms with Gasteiger partial charge < -0.3 is 5.11 Å². The summed E-state index contributed by atoms with van der Waals surface area (Å²) in [5.74, 6) is 0.319. The van der Waals surface area contributed by atoms with Crippen LogP contribution in [0.25, 0.3) is 0 Å². The highest BCUT2D eigenvalue weighted by Crippen LogP contribution is 2.41. The van der Waals surface area contributed by atoms with Gasteiger partial charge in [-0.1, -0.05) is 12.1 Å². The van der Waals surface area contributed by atoms with E-state index in [0.29, 0.717) is 11.5 Å². The molecule has 0 aromatic heterocycles. The Hall–Kier alpha value is -0.870. The molecule has 15 heavy (non-hydrogen) atoms. The van der Waals surface area contributed by atoms with Crippen LogP contribution in [0.3, 0.4) is 0 Å². The zero-order valence-electron chi connectivity index (χ0n) is 8.55. The van der Waals surface area contributed by atoms with E-state index in [9.17, 15) is 13.5 Å². The lowest BCUT2D eigenvalue weighted by Gasteiger charge is -2.10. The molecule has 1 aromatic rings. The molecule has 82 valence electrons. The van der Waals surface area contributed by atoms with Gasteiger partial charge >= 0.3 is 0 Å². The number of hydrogen-bond acceptors (Lipinski definition) is 3. The van der Waals surface area contributed by atoms with E-state index in [1.807, 2.05) is 0 Å². The zero-order valence-corrected chi connectivity index (χ0v) is 9.37. The normalized spacial score (nSPS) is 18.8. The van der Waals surface area contributed by atoms with Crippen molar-refractivity contribution in [3.8, 4) is 0 Å². The molecule has 1 aliphatic carbocycles. The first-order valence-electron chi connectivity index (χ1n) is 4.96. The predicted octanol–water partition coefficient (Wildman–Crippen LogP) is 1.53. The van der Waals surface area contributed by atoms with Crippen molar-refractivity contribution < 1.29 is 13.5 Å². The molecule has 0 amide bonds. The van der Waals surface area contributed by atoms with Gasteiger partial charge in [-0.3, -0.25) is 0 Å². The molecule has 0 spiro atoms. The summed E-state index contributed by atoms with van der Waals surface area (Å²) in [6, 6.07) is 6.58. The number of rotatable bonds is 3. The number of sulfone groups is 1. The minimum absolute atomic E-state index is 0.278. The van der Waals surface area contributed by atoms with Crippen LogP contribution in [-0.2, 0) is 9.84 Å². The second-order valence-electron chi connectivity index (χ2n) is 4.13. The van der Waals surface area contributed by atoms with Crippen LogP contribution in [-0.4, -0.2) is 19.8 Å². The third-order valence-electron chi connectivity index (χ3n) is 2.70. The Morgan fingerprint density at radius 1 is 1.40 bits per heavy atom. The molecule has 1 N–H and O–H groups in total. The minimum Gasteiger partial charge on any atom is -0.388 e. The van der Waals surface area contributed by atoms with E-state index in [1.54, 1.807) is 24.3 Å². The van der Waals surface area contributed by atoms with Gasteiger partial charge in [0.1, 0.15) is 0 Å². The first-order valence-corrected chi connectivity index (χ1v) is 6.86. The maximum Gasteiger partial charge on any atom is 0.175 e. The molecule has 1 unspecified atom stereocenters. The summed E-state index contributed by atoms with van der Waals surface area (Å²) >= 11 is 0. The molecule has 1 aliphatic rings. The molecule has 0 aliphatic heterocycles. The number of aliphatic hydroxyl groups excluding tert-OH is 1. The van der Waals surface area contributed by atoms with Gasteiger partial charge in [0, 0.05) is 6.26 Å². The first-order chi connectivity index (χ1) is 6.98. The molecular formula is C11H14O3S. The Balaban J connectivity index is 2.33. The fourth-order valence-electron chi connectivity index (χ4n) is 1.61. The van der Waals surface area contributed by atoms with Crippen molar-refractivity contribution in [2.24, 2.45) is 5.92 Å². The van der Waals surface area contributed by atoms with E-state index in [2.05, 4.69) is 0 Å². The number of aliphatic hydroxyl groups is 1. The molecule has 0 heterocycles. The van der Waals surface area contributed by atoms with E-state index >= 15 is 0 Å². The molecule has 0 bridgehead atoms. The van der Waals surface area contributed by atoms with E-state index in [0.717, 1.165) is 12.8 Å². The van der Waals surface area contributed by atoms with E-state index in [-0.39, 0.29) is 4.90 Å². The summed E-state index contributed by atoms with van der Waals surface area (Å²) in [5.41, 5.74) is 0.709. The van der Waals surface area contributed by atoms with Crippen LogP contribution < -0.4 is 0 Å². The SMILES string of the molecule is CS(=O)(=O)c1cccc(C(O)C2CC2)c1. The molecule has 1 fully saturated rings. The van der Waals surface area contributed by atoms with E-state index < -0.39 is 15.9 Å². The Morgan fingerprint density at radius 3 is 2.60 bits per heavy atom. The highest BCUT2D eigenvalue weighted by molar-refractivity contribution is 7.90. The quantitative estimate of drug-likeness (QED) is 0.850. The molecule has 3 nitrogen and oxygen atoms in total. The van der Waals surface area contributed by atoms with E-state index in [4.69, 9.17) is 0 Å². The zero-order chi connectivity index (χ0) is 11.1. The highest BCUT2D eigenvalue weighted by atomic mass is 32.2. The lowest BCUT2D eigenvalue weighted by Crippen LogP contribution is -2.02. The van der Waals surface area contributed by atoms with Crippen molar-refractivity contribution in [3.05, 3.63) is 29.8 Å². The van der Waals surface area contributed by atoms with Crippen LogP contribution in [0.2, 0.25) is 0 Å². The summed E-state index contributed by atoms with van der Waals surface area (Å²) < 4.78 is 22.6. The lowest BCUT2D eigenvalue weighted by molar-refractivity contribution is 0.153. The predicted molar refractivity (Wildman–Crippen MR) is 57.2 cm³/mol. The molecule has 1 saturated carbocycles. The summed E-state index contributed by atoms with van der Waals surface area (Å²) in [6.45, 7) is 0. The van der Waals surface area contributed by atoms with Gasteiger partial charge in [0.15, 0.2) is 9.84 Å².